The van der Waals surface area contributed by atoms with Gasteiger partial charge in [0.2, 0.25) is 5.91 Å². The van der Waals surface area contributed by atoms with Gasteiger partial charge in [-0.25, -0.2) is 0 Å². The van der Waals surface area contributed by atoms with Crippen molar-refractivity contribution in [3.05, 3.63) is 12.4 Å². The van der Waals surface area contributed by atoms with Gasteiger partial charge in [0, 0.05) is 12.7 Å². The Kier molecular flexibility index (Phi) is 5.45. The molecule has 90 valence electrons. The molecule has 16 heavy (non-hydrogen) atoms. The molecule has 0 spiro atoms. The lowest BCUT2D eigenvalue weighted by Crippen LogP contribution is -2.19. The first kappa shape index (κ1) is 13.2. The highest BCUT2D eigenvalue weighted by atomic mass is 79.9. The second-order valence-corrected chi connectivity index (χ2v) is 4.87. The summed E-state index contributed by atoms with van der Waals surface area (Å²) in [4.78, 5) is 11.1. The maximum atomic E-state index is 11.9. The van der Waals surface area contributed by atoms with Crippen LogP contribution in [0.5, 0.6) is 0 Å². The Morgan fingerprint density at radius 3 is 3.06 bits per heavy atom. The molecule has 0 aliphatic rings. The van der Waals surface area contributed by atoms with E-state index in [4.69, 9.17) is 0 Å². The van der Waals surface area contributed by atoms with E-state index in [1.807, 2.05) is 0 Å². The van der Waals surface area contributed by atoms with E-state index in [0.29, 0.717) is 18.7 Å². The van der Waals surface area contributed by atoms with Crippen LogP contribution in [0.1, 0.15) is 19.8 Å². The summed E-state index contributed by atoms with van der Waals surface area (Å²) >= 11 is 3.17. The van der Waals surface area contributed by atoms with Crippen molar-refractivity contribution in [3.63, 3.8) is 0 Å². The first-order chi connectivity index (χ1) is 7.63. The van der Waals surface area contributed by atoms with E-state index < -0.39 is 0 Å². The van der Waals surface area contributed by atoms with Gasteiger partial charge in [-0.05, 0) is 19.8 Å². The van der Waals surface area contributed by atoms with Gasteiger partial charge in [-0.15, -0.1) is 0 Å². The fourth-order valence-corrected chi connectivity index (χ4v) is 1.27. The highest BCUT2D eigenvalue weighted by molar-refractivity contribution is 9.10. The minimum Gasteiger partial charge on any atom is -0.322 e. The molecule has 1 heterocycles. The molecule has 1 aromatic rings. The van der Waals surface area contributed by atoms with Crippen molar-refractivity contribution in [3.8, 4) is 0 Å². The summed E-state index contributed by atoms with van der Waals surface area (Å²) in [5.41, 5.74) is 0.663. The van der Waals surface area contributed by atoms with Crippen LogP contribution in [0.15, 0.2) is 12.4 Å². The summed E-state index contributed by atoms with van der Waals surface area (Å²) in [6.45, 7) is 2.12. The van der Waals surface area contributed by atoms with Crippen molar-refractivity contribution in [2.24, 2.45) is 0 Å². The largest absolute Gasteiger partial charge is 0.322 e. The topological polar surface area (TPSA) is 46.9 Å². The Morgan fingerprint density at radius 1 is 1.69 bits per heavy atom. The van der Waals surface area contributed by atoms with Crippen molar-refractivity contribution in [1.29, 1.82) is 0 Å². The van der Waals surface area contributed by atoms with E-state index in [0.717, 1.165) is 6.42 Å². The van der Waals surface area contributed by atoms with Gasteiger partial charge in [-0.2, -0.15) is 5.10 Å². The number of hydrogen-bond acceptors (Lipinski definition) is 2. The Bertz CT molecular complexity index is 341. The molecule has 1 unspecified atom stereocenters. The van der Waals surface area contributed by atoms with Crippen LogP contribution >= 0.6 is 15.9 Å². The molecule has 1 atom stereocenters. The van der Waals surface area contributed by atoms with E-state index >= 15 is 0 Å². The minimum absolute atomic E-state index is 0.108. The van der Waals surface area contributed by atoms with Crippen LogP contribution < -0.4 is 5.32 Å². The molecule has 4 nitrogen and oxygen atoms in total. The molecule has 0 aromatic carbocycles. The van der Waals surface area contributed by atoms with Crippen LogP contribution in [0, 0.1) is 0 Å². The molecule has 0 saturated heterocycles. The van der Waals surface area contributed by atoms with Crippen molar-refractivity contribution >= 4 is 27.5 Å². The van der Waals surface area contributed by atoms with E-state index in [9.17, 15) is 9.18 Å². The van der Waals surface area contributed by atoms with Crippen LogP contribution in [0.25, 0.3) is 0 Å². The maximum Gasteiger partial charge on any atom is 0.237 e. The van der Waals surface area contributed by atoms with E-state index in [1.165, 1.54) is 0 Å². The molecule has 1 rings (SSSR count). The summed E-state index contributed by atoms with van der Waals surface area (Å²) in [6.07, 6.45) is 4.62. The van der Waals surface area contributed by atoms with E-state index in [-0.39, 0.29) is 17.4 Å². The number of aromatic nitrogens is 2. The monoisotopic (exact) mass is 291 g/mol. The summed E-state index contributed by atoms with van der Waals surface area (Å²) in [7, 11) is 0. The third-order valence-electron chi connectivity index (χ3n) is 2.03. The molecule has 0 fully saturated rings. The number of nitrogens with zero attached hydrogens (tertiary/aromatic N) is 2. The molecule has 0 aliphatic carbocycles. The number of halogens is 2. The lowest BCUT2D eigenvalue weighted by atomic mass is 10.3. The van der Waals surface area contributed by atoms with E-state index in [2.05, 4.69) is 26.3 Å². The Morgan fingerprint density at radius 2 is 2.44 bits per heavy atom. The molecule has 1 amide bonds. The fraction of sp³-hybridized carbons (Fsp3) is 0.600. The number of carbonyl (C=O) groups is 1. The first-order valence-corrected chi connectivity index (χ1v) is 6.08. The van der Waals surface area contributed by atoms with Gasteiger partial charge in [0.25, 0.3) is 0 Å². The molecule has 6 heteroatoms. The second-order valence-electron chi connectivity index (χ2n) is 3.49. The summed E-state index contributed by atoms with van der Waals surface area (Å²) in [5.74, 6) is -0.108. The average Bonchev–Trinajstić information content (AvgIpc) is 2.66. The summed E-state index contributed by atoms with van der Waals surface area (Å²) < 4.78 is 13.6. The zero-order chi connectivity index (χ0) is 12.0. The zero-order valence-corrected chi connectivity index (χ0v) is 10.7. The molecule has 0 aliphatic heterocycles. The first-order valence-electron chi connectivity index (χ1n) is 5.17. The second kappa shape index (κ2) is 6.62. The number of hydrogen-bond donors (Lipinski definition) is 1. The van der Waals surface area contributed by atoms with Crippen LogP contribution in [-0.4, -0.2) is 27.2 Å². The third kappa shape index (κ3) is 4.30. The van der Waals surface area contributed by atoms with E-state index in [1.54, 1.807) is 24.0 Å². The number of rotatable bonds is 6. The van der Waals surface area contributed by atoms with Crippen molar-refractivity contribution in [2.75, 3.05) is 12.0 Å². The molecule has 0 saturated carbocycles. The lowest BCUT2D eigenvalue weighted by Gasteiger charge is -2.03. The number of anilines is 1. The number of alkyl halides is 2. The van der Waals surface area contributed by atoms with Crippen molar-refractivity contribution in [1.82, 2.24) is 9.78 Å². The minimum atomic E-state index is -0.300. The molecule has 0 radical (unpaired) electrons. The number of carbonyl (C=O) groups excluding carboxylic acids is 1. The van der Waals surface area contributed by atoms with Crippen LogP contribution in [0.4, 0.5) is 10.1 Å². The predicted molar refractivity (Wildman–Crippen MR) is 64.5 cm³/mol. The Hall–Kier alpha value is -0.910. The highest BCUT2D eigenvalue weighted by Gasteiger charge is 2.09. The van der Waals surface area contributed by atoms with Crippen LogP contribution in [-0.2, 0) is 11.3 Å². The molecular weight excluding hydrogens is 277 g/mol. The standard InChI is InChI=1S/C10H15BrFN3O/c1-8(11)10(16)14-9-6-13-15(7-9)5-3-2-4-12/h6-8H,2-5H2,1H3,(H,14,16). The summed E-state index contributed by atoms with van der Waals surface area (Å²) in [5, 5.41) is 6.77. The van der Waals surface area contributed by atoms with Gasteiger partial charge in [0.05, 0.1) is 23.4 Å². The van der Waals surface area contributed by atoms with Gasteiger partial charge in [-0.1, -0.05) is 15.9 Å². The third-order valence-corrected chi connectivity index (χ3v) is 2.45. The lowest BCUT2D eigenvalue weighted by molar-refractivity contribution is -0.115. The number of unbranched alkanes of at least 4 members (excludes halogenated alkanes) is 1. The number of aryl methyl sites for hydroxylation is 1. The van der Waals surface area contributed by atoms with Crippen LogP contribution in [0.2, 0.25) is 0 Å². The fourth-order valence-electron chi connectivity index (χ4n) is 1.16. The average molecular weight is 292 g/mol. The maximum absolute atomic E-state index is 11.9. The van der Waals surface area contributed by atoms with Crippen molar-refractivity contribution < 1.29 is 9.18 Å². The van der Waals surface area contributed by atoms with Gasteiger partial charge < -0.3 is 5.32 Å². The normalized spacial score (nSPS) is 12.4. The predicted octanol–water partition coefficient (Wildman–Crippen LogP) is 2.35. The smallest absolute Gasteiger partial charge is 0.237 e. The zero-order valence-electron chi connectivity index (χ0n) is 9.12. The molecule has 1 N–H and O–H groups in total. The van der Waals surface area contributed by atoms with Crippen molar-refractivity contribution in [2.45, 2.75) is 31.1 Å². The quantitative estimate of drug-likeness (QED) is 0.646. The summed E-state index contributed by atoms with van der Waals surface area (Å²) in [6, 6.07) is 0. The van der Waals surface area contributed by atoms with Crippen LogP contribution in [0.3, 0.4) is 0 Å². The van der Waals surface area contributed by atoms with Gasteiger partial charge in [0.1, 0.15) is 0 Å². The Labute approximate surface area is 102 Å². The SMILES string of the molecule is CC(Br)C(=O)Nc1cnn(CCCCF)c1. The molecule has 1 aromatic heterocycles. The number of amides is 1. The molecule has 0 bridgehead atoms. The Balaban J connectivity index is 2.42. The highest BCUT2D eigenvalue weighted by Crippen LogP contribution is 2.08. The van der Waals surface area contributed by atoms with Gasteiger partial charge in [-0.3, -0.25) is 13.9 Å². The number of nitrogens with one attached hydrogen (secondary N) is 1. The van der Waals surface area contributed by atoms with Gasteiger partial charge in [0.15, 0.2) is 0 Å². The van der Waals surface area contributed by atoms with Gasteiger partial charge >= 0.3 is 0 Å². The molecular formula is C10H15BrFN3O.